The molecule has 0 saturated carbocycles. The summed E-state index contributed by atoms with van der Waals surface area (Å²) >= 11 is 0. The number of aliphatic hydroxyl groups is 2. The molecule has 3 aliphatic heterocycles. The highest BCUT2D eigenvalue weighted by Gasteiger charge is 2.49. The van der Waals surface area contributed by atoms with E-state index < -0.39 is 13.9 Å². The molecule has 2 bridgehead atoms. The number of fused-ring (bicyclic) bond motifs is 3. The number of rotatable bonds is 5. The average Bonchev–Trinajstić information content (AvgIpc) is 2.49. The molecule has 0 aliphatic carbocycles. The van der Waals surface area contributed by atoms with Gasteiger partial charge in [-0.15, -0.1) is 5.92 Å². The van der Waals surface area contributed by atoms with Gasteiger partial charge in [-0.2, -0.15) is 0 Å². The molecule has 2 N–H and O–H groups in total. The Balaban J connectivity index is 1.94. The third kappa shape index (κ3) is 4.42. The number of hydrogen-bond donors (Lipinski definition) is 2. The first-order chi connectivity index (χ1) is 11.1. The number of unbranched alkanes of at least 4 members (excludes halogenated alkanes) is 1. The molecule has 3 fully saturated rings. The molecule has 0 aromatic carbocycles. The van der Waals surface area contributed by atoms with Crippen molar-refractivity contribution in [1.82, 2.24) is 4.90 Å². The van der Waals surface area contributed by atoms with Gasteiger partial charge >= 0.3 is 0 Å². The van der Waals surface area contributed by atoms with Crippen LogP contribution in [-0.4, -0.2) is 61.4 Å². The summed E-state index contributed by atoms with van der Waals surface area (Å²) in [4.78, 5) is 2.37. The van der Waals surface area contributed by atoms with E-state index in [4.69, 9.17) is 9.53 Å². The topological polar surface area (TPSA) is 52.9 Å². The van der Waals surface area contributed by atoms with Crippen LogP contribution in [0, 0.1) is 17.8 Å². The lowest BCUT2D eigenvalue weighted by Gasteiger charge is -2.53. The van der Waals surface area contributed by atoms with Crippen molar-refractivity contribution in [3.8, 4) is 11.8 Å². The Morgan fingerprint density at radius 1 is 1.33 bits per heavy atom. The Labute approximate surface area is 148 Å². The van der Waals surface area contributed by atoms with Crippen LogP contribution in [0.1, 0.15) is 46.5 Å². The molecular formula is C19H35NO3Si. The molecule has 3 aliphatic rings. The lowest BCUT2D eigenvalue weighted by atomic mass is 9.73. The Hall–Kier alpha value is -0.383. The van der Waals surface area contributed by atoms with Gasteiger partial charge in [-0.1, -0.05) is 26.7 Å². The molecule has 1 unspecified atom stereocenters. The third-order valence-electron chi connectivity index (χ3n) is 6.16. The summed E-state index contributed by atoms with van der Waals surface area (Å²) in [6, 6.07) is 0.414. The van der Waals surface area contributed by atoms with Gasteiger partial charge in [0.15, 0.2) is 8.32 Å². The van der Waals surface area contributed by atoms with Crippen molar-refractivity contribution in [3.05, 3.63) is 0 Å². The van der Waals surface area contributed by atoms with Crippen molar-refractivity contribution in [2.24, 2.45) is 5.92 Å². The minimum absolute atomic E-state index is 0.162. The lowest BCUT2D eigenvalue weighted by molar-refractivity contribution is -0.105. The first kappa shape index (κ1) is 19.9. The fraction of sp³-hybridized carbons (Fsp3) is 0.895. The predicted molar refractivity (Wildman–Crippen MR) is 100 cm³/mol. The maximum absolute atomic E-state index is 10.9. The molecule has 138 valence electrons. The first-order valence-corrected chi connectivity index (χ1v) is 12.2. The molecule has 4 atom stereocenters. The Bertz CT molecular complexity index is 491. The lowest BCUT2D eigenvalue weighted by Crippen LogP contribution is -2.63. The maximum atomic E-state index is 10.9. The van der Waals surface area contributed by atoms with Crippen molar-refractivity contribution in [2.75, 3.05) is 26.3 Å². The van der Waals surface area contributed by atoms with E-state index in [-0.39, 0.29) is 17.6 Å². The Morgan fingerprint density at radius 3 is 2.58 bits per heavy atom. The summed E-state index contributed by atoms with van der Waals surface area (Å²) in [7, 11) is -1.72. The van der Waals surface area contributed by atoms with E-state index in [0.717, 1.165) is 26.0 Å². The van der Waals surface area contributed by atoms with Gasteiger partial charge in [-0.25, -0.2) is 0 Å². The number of piperidine rings is 3. The van der Waals surface area contributed by atoms with Crippen LogP contribution < -0.4 is 0 Å². The second kappa shape index (κ2) is 7.47. The number of aliphatic hydroxyl groups excluding tert-OH is 1. The van der Waals surface area contributed by atoms with Gasteiger partial charge in [-0.3, -0.25) is 4.90 Å². The smallest absolute Gasteiger partial charge is 0.192 e. The zero-order valence-corrected chi connectivity index (χ0v) is 17.1. The Morgan fingerprint density at radius 2 is 2.04 bits per heavy atom. The highest BCUT2D eigenvalue weighted by molar-refractivity contribution is 6.74. The molecule has 3 heterocycles. The molecule has 5 heteroatoms. The molecule has 3 rings (SSSR count). The monoisotopic (exact) mass is 353 g/mol. The molecular weight excluding hydrogens is 318 g/mol. The average molecular weight is 354 g/mol. The van der Waals surface area contributed by atoms with Gasteiger partial charge in [0.25, 0.3) is 0 Å². The van der Waals surface area contributed by atoms with Crippen molar-refractivity contribution < 1.29 is 14.6 Å². The van der Waals surface area contributed by atoms with Gasteiger partial charge in [0, 0.05) is 38.1 Å². The summed E-state index contributed by atoms with van der Waals surface area (Å²) in [5.74, 6) is 6.41. The van der Waals surface area contributed by atoms with Crippen LogP contribution in [0.3, 0.4) is 0 Å². The maximum Gasteiger partial charge on any atom is 0.192 e. The molecule has 4 nitrogen and oxygen atoms in total. The highest BCUT2D eigenvalue weighted by atomic mass is 28.4. The third-order valence-corrected chi connectivity index (χ3v) is 10.7. The SMILES string of the molecule is CC(C)(C)[Si](C)(C)OC[C@H]1C[C@@H]2CCN1C[C@]2(O)C#CCCCO. The van der Waals surface area contributed by atoms with Crippen LogP contribution >= 0.6 is 0 Å². The van der Waals surface area contributed by atoms with Crippen LogP contribution in [0.2, 0.25) is 18.1 Å². The summed E-state index contributed by atoms with van der Waals surface area (Å²) in [6.07, 6.45) is 3.32. The van der Waals surface area contributed by atoms with E-state index in [1.807, 2.05) is 0 Å². The first-order valence-electron chi connectivity index (χ1n) is 9.30. The minimum atomic E-state index is -1.72. The van der Waals surface area contributed by atoms with Crippen LogP contribution in [-0.2, 0) is 4.43 Å². The van der Waals surface area contributed by atoms with Gasteiger partial charge in [0.2, 0.25) is 0 Å². The second-order valence-corrected chi connectivity index (χ2v) is 13.8. The molecule has 0 radical (unpaired) electrons. The van der Waals surface area contributed by atoms with Crippen LogP contribution in [0.25, 0.3) is 0 Å². The van der Waals surface area contributed by atoms with Gasteiger partial charge in [0.1, 0.15) is 5.60 Å². The van der Waals surface area contributed by atoms with Gasteiger partial charge in [0.05, 0.1) is 0 Å². The van der Waals surface area contributed by atoms with E-state index in [1.54, 1.807) is 0 Å². The van der Waals surface area contributed by atoms with E-state index in [0.29, 0.717) is 25.4 Å². The summed E-state index contributed by atoms with van der Waals surface area (Å²) < 4.78 is 6.42. The van der Waals surface area contributed by atoms with Crippen molar-refractivity contribution in [3.63, 3.8) is 0 Å². The summed E-state index contributed by atoms with van der Waals surface area (Å²) in [6.45, 7) is 14.0. The summed E-state index contributed by atoms with van der Waals surface area (Å²) in [5.41, 5.74) is -0.874. The molecule has 0 aromatic rings. The van der Waals surface area contributed by atoms with Crippen molar-refractivity contribution >= 4 is 8.32 Å². The van der Waals surface area contributed by atoms with E-state index in [1.165, 1.54) is 0 Å². The van der Waals surface area contributed by atoms with Crippen molar-refractivity contribution in [2.45, 2.75) is 76.2 Å². The van der Waals surface area contributed by atoms with E-state index >= 15 is 0 Å². The minimum Gasteiger partial charge on any atom is -0.415 e. The largest absolute Gasteiger partial charge is 0.415 e. The Kier molecular flexibility index (Phi) is 6.20. The quantitative estimate of drug-likeness (QED) is 0.453. The zero-order valence-electron chi connectivity index (χ0n) is 16.1. The van der Waals surface area contributed by atoms with Crippen LogP contribution in [0.15, 0.2) is 0 Å². The standard InChI is InChI=1S/C19H35NO3Si/c1-18(2,3)24(4,5)23-14-17-13-16-9-11-20(17)15-19(16,22)10-7-6-8-12-21/h16-17,21-22H,6,8-9,11-15H2,1-5H3/t16-,17+,19+/m0/s1. The van der Waals surface area contributed by atoms with Crippen molar-refractivity contribution in [1.29, 1.82) is 0 Å². The highest BCUT2D eigenvalue weighted by Crippen LogP contribution is 2.41. The molecule has 3 saturated heterocycles. The number of nitrogens with zero attached hydrogens (tertiary/aromatic N) is 1. The molecule has 0 aromatic heterocycles. The van der Waals surface area contributed by atoms with Gasteiger partial charge in [-0.05, 0) is 43.9 Å². The normalized spacial score (nSPS) is 33.2. The van der Waals surface area contributed by atoms with Crippen LogP contribution in [0.4, 0.5) is 0 Å². The van der Waals surface area contributed by atoms with E-state index in [9.17, 15) is 5.11 Å². The second-order valence-electron chi connectivity index (χ2n) is 8.97. The molecule has 0 amide bonds. The zero-order chi connectivity index (χ0) is 18.0. The molecule has 24 heavy (non-hydrogen) atoms. The van der Waals surface area contributed by atoms with E-state index in [2.05, 4.69) is 50.6 Å². The number of hydrogen-bond acceptors (Lipinski definition) is 4. The fourth-order valence-electron chi connectivity index (χ4n) is 3.40. The van der Waals surface area contributed by atoms with Crippen LogP contribution in [0.5, 0.6) is 0 Å². The van der Waals surface area contributed by atoms with Gasteiger partial charge < -0.3 is 14.6 Å². The molecule has 0 spiro atoms. The fourth-order valence-corrected chi connectivity index (χ4v) is 4.44. The predicted octanol–water partition coefficient (Wildman–Crippen LogP) is 2.61. The summed E-state index contributed by atoms with van der Waals surface area (Å²) in [5, 5.41) is 20.0.